The molecule has 0 aromatic heterocycles. The average molecular weight is 201 g/mol. The normalized spacial score (nSPS) is 12.2. The molecule has 1 N–H and O–H groups in total. The standard InChI is InChI=1S/C14H19N/c1-5-12-8-7-9-13(10-12)15-14(6-2)11(3)4/h1,7-11,14-15H,6H2,2-4H3. The summed E-state index contributed by atoms with van der Waals surface area (Å²) >= 11 is 0. The smallest absolute Gasteiger partial charge is 0.0354 e. The van der Waals surface area contributed by atoms with Crippen LogP contribution in [0.5, 0.6) is 0 Å². The van der Waals surface area contributed by atoms with Crippen LogP contribution in [0.4, 0.5) is 5.69 Å². The highest BCUT2D eigenvalue weighted by molar-refractivity contribution is 5.50. The Morgan fingerprint density at radius 1 is 1.40 bits per heavy atom. The number of terminal acetylenes is 1. The largest absolute Gasteiger partial charge is 0.382 e. The number of hydrogen-bond donors (Lipinski definition) is 1. The molecule has 1 aromatic carbocycles. The number of hydrogen-bond acceptors (Lipinski definition) is 1. The van der Waals surface area contributed by atoms with E-state index < -0.39 is 0 Å². The fourth-order valence-electron chi connectivity index (χ4n) is 1.65. The number of rotatable bonds is 4. The fourth-order valence-corrected chi connectivity index (χ4v) is 1.65. The van der Waals surface area contributed by atoms with Gasteiger partial charge in [0.05, 0.1) is 0 Å². The highest BCUT2D eigenvalue weighted by Crippen LogP contribution is 2.16. The van der Waals surface area contributed by atoms with Crippen molar-refractivity contribution in [2.75, 3.05) is 5.32 Å². The molecule has 0 spiro atoms. The second-order valence-electron chi connectivity index (χ2n) is 4.13. The maximum absolute atomic E-state index is 5.36. The molecule has 0 aliphatic heterocycles. The monoisotopic (exact) mass is 201 g/mol. The van der Waals surface area contributed by atoms with E-state index >= 15 is 0 Å². The molecule has 0 saturated heterocycles. The first kappa shape index (κ1) is 11.7. The van der Waals surface area contributed by atoms with Gasteiger partial charge in [0.15, 0.2) is 0 Å². The summed E-state index contributed by atoms with van der Waals surface area (Å²) in [6.07, 6.45) is 6.49. The van der Waals surface area contributed by atoms with Gasteiger partial charge in [0.1, 0.15) is 0 Å². The maximum atomic E-state index is 5.36. The van der Waals surface area contributed by atoms with Crippen LogP contribution in [0.1, 0.15) is 32.8 Å². The van der Waals surface area contributed by atoms with Gasteiger partial charge in [-0.2, -0.15) is 0 Å². The zero-order valence-electron chi connectivity index (χ0n) is 9.75. The quantitative estimate of drug-likeness (QED) is 0.735. The topological polar surface area (TPSA) is 12.0 Å². The van der Waals surface area contributed by atoms with E-state index in [0.29, 0.717) is 12.0 Å². The minimum atomic E-state index is 0.512. The van der Waals surface area contributed by atoms with Gasteiger partial charge in [-0.15, -0.1) is 6.42 Å². The third-order valence-corrected chi connectivity index (χ3v) is 2.63. The summed E-state index contributed by atoms with van der Waals surface area (Å²) in [5, 5.41) is 3.51. The van der Waals surface area contributed by atoms with Crippen LogP contribution in [-0.2, 0) is 0 Å². The molecule has 0 aliphatic rings. The third-order valence-electron chi connectivity index (χ3n) is 2.63. The first-order valence-electron chi connectivity index (χ1n) is 5.50. The Kier molecular flexibility index (Phi) is 4.24. The highest BCUT2D eigenvalue weighted by Gasteiger charge is 2.10. The Morgan fingerprint density at radius 3 is 2.67 bits per heavy atom. The van der Waals surface area contributed by atoms with Crippen LogP contribution in [0.3, 0.4) is 0 Å². The molecular weight excluding hydrogens is 182 g/mol. The minimum Gasteiger partial charge on any atom is -0.382 e. The van der Waals surface area contributed by atoms with Crippen LogP contribution < -0.4 is 5.32 Å². The van der Waals surface area contributed by atoms with Crippen molar-refractivity contribution >= 4 is 5.69 Å². The molecule has 0 amide bonds. The zero-order valence-corrected chi connectivity index (χ0v) is 9.75. The number of anilines is 1. The molecule has 15 heavy (non-hydrogen) atoms. The summed E-state index contributed by atoms with van der Waals surface area (Å²) in [5.74, 6) is 3.28. The molecular formula is C14H19N. The van der Waals surface area contributed by atoms with Crippen molar-refractivity contribution in [3.8, 4) is 12.3 Å². The molecule has 1 heteroatoms. The van der Waals surface area contributed by atoms with Gasteiger partial charge < -0.3 is 5.32 Å². The lowest BCUT2D eigenvalue weighted by molar-refractivity contribution is 0.511. The van der Waals surface area contributed by atoms with Crippen molar-refractivity contribution in [3.05, 3.63) is 29.8 Å². The summed E-state index contributed by atoms with van der Waals surface area (Å²) in [5.41, 5.74) is 2.05. The molecule has 80 valence electrons. The van der Waals surface area contributed by atoms with E-state index in [-0.39, 0.29) is 0 Å². The molecule has 0 fully saturated rings. The van der Waals surface area contributed by atoms with E-state index in [4.69, 9.17) is 6.42 Å². The van der Waals surface area contributed by atoms with Crippen molar-refractivity contribution in [2.45, 2.75) is 33.2 Å². The number of benzene rings is 1. The first-order chi connectivity index (χ1) is 7.17. The Balaban J connectivity index is 2.75. The van der Waals surface area contributed by atoms with Crippen molar-refractivity contribution in [1.29, 1.82) is 0 Å². The van der Waals surface area contributed by atoms with Gasteiger partial charge in [0.25, 0.3) is 0 Å². The highest BCUT2D eigenvalue weighted by atomic mass is 14.9. The van der Waals surface area contributed by atoms with Crippen molar-refractivity contribution in [2.24, 2.45) is 5.92 Å². The van der Waals surface area contributed by atoms with Gasteiger partial charge in [-0.3, -0.25) is 0 Å². The van der Waals surface area contributed by atoms with Gasteiger partial charge in [-0.1, -0.05) is 32.8 Å². The summed E-state index contributed by atoms with van der Waals surface area (Å²) in [4.78, 5) is 0. The Bertz CT molecular complexity index is 347. The molecule has 1 aromatic rings. The lowest BCUT2D eigenvalue weighted by Gasteiger charge is -2.22. The summed E-state index contributed by atoms with van der Waals surface area (Å²) in [6, 6.07) is 8.53. The van der Waals surface area contributed by atoms with E-state index in [2.05, 4.69) is 38.1 Å². The van der Waals surface area contributed by atoms with Crippen molar-refractivity contribution in [3.63, 3.8) is 0 Å². The van der Waals surface area contributed by atoms with Crippen LogP contribution in [0.2, 0.25) is 0 Å². The fraction of sp³-hybridized carbons (Fsp3) is 0.429. The Morgan fingerprint density at radius 2 is 2.13 bits per heavy atom. The van der Waals surface area contributed by atoms with Gasteiger partial charge in [-0.05, 0) is 30.5 Å². The molecule has 0 radical (unpaired) electrons. The second-order valence-corrected chi connectivity index (χ2v) is 4.13. The van der Waals surface area contributed by atoms with Crippen molar-refractivity contribution in [1.82, 2.24) is 0 Å². The Hall–Kier alpha value is -1.42. The predicted octanol–water partition coefficient (Wildman–Crippen LogP) is 3.51. The number of nitrogens with one attached hydrogen (secondary N) is 1. The predicted molar refractivity (Wildman–Crippen MR) is 66.9 cm³/mol. The SMILES string of the molecule is C#Cc1cccc(NC(CC)C(C)C)c1. The average Bonchev–Trinajstić information content (AvgIpc) is 2.25. The van der Waals surface area contributed by atoms with Crippen LogP contribution in [-0.4, -0.2) is 6.04 Å². The van der Waals surface area contributed by atoms with Crippen molar-refractivity contribution < 1.29 is 0 Å². The third kappa shape index (κ3) is 3.32. The molecule has 0 aliphatic carbocycles. The van der Waals surface area contributed by atoms with Crippen LogP contribution in [0.25, 0.3) is 0 Å². The zero-order chi connectivity index (χ0) is 11.3. The summed E-state index contributed by atoms with van der Waals surface area (Å²) in [7, 11) is 0. The van der Waals surface area contributed by atoms with Gasteiger partial charge in [0, 0.05) is 17.3 Å². The van der Waals surface area contributed by atoms with Crippen LogP contribution in [0, 0.1) is 18.3 Å². The molecule has 0 saturated carbocycles. The first-order valence-corrected chi connectivity index (χ1v) is 5.50. The maximum Gasteiger partial charge on any atom is 0.0354 e. The molecule has 1 rings (SSSR count). The van der Waals surface area contributed by atoms with Gasteiger partial charge in [0.2, 0.25) is 0 Å². The Labute approximate surface area is 92.9 Å². The van der Waals surface area contributed by atoms with E-state index in [1.165, 1.54) is 0 Å². The van der Waals surface area contributed by atoms with Gasteiger partial charge in [-0.25, -0.2) is 0 Å². The molecule has 0 heterocycles. The van der Waals surface area contributed by atoms with E-state index in [9.17, 15) is 0 Å². The molecule has 0 bridgehead atoms. The van der Waals surface area contributed by atoms with E-state index in [0.717, 1.165) is 17.7 Å². The van der Waals surface area contributed by atoms with Crippen LogP contribution in [0.15, 0.2) is 24.3 Å². The molecule has 1 atom stereocenters. The van der Waals surface area contributed by atoms with E-state index in [1.807, 2.05) is 18.2 Å². The van der Waals surface area contributed by atoms with Gasteiger partial charge >= 0.3 is 0 Å². The molecule has 1 nitrogen and oxygen atoms in total. The van der Waals surface area contributed by atoms with Crippen LogP contribution >= 0.6 is 0 Å². The lowest BCUT2D eigenvalue weighted by atomic mass is 10.0. The summed E-state index contributed by atoms with van der Waals surface area (Å²) in [6.45, 7) is 6.65. The molecule has 1 unspecified atom stereocenters. The lowest BCUT2D eigenvalue weighted by Crippen LogP contribution is -2.24. The van der Waals surface area contributed by atoms with E-state index in [1.54, 1.807) is 0 Å². The minimum absolute atomic E-state index is 0.512. The summed E-state index contributed by atoms with van der Waals surface area (Å²) < 4.78 is 0. The second kappa shape index (κ2) is 5.46.